The summed E-state index contributed by atoms with van der Waals surface area (Å²) in [4.78, 5) is 66.3. The van der Waals surface area contributed by atoms with Gasteiger partial charge < -0.3 is 40.7 Å². The van der Waals surface area contributed by atoms with Crippen molar-refractivity contribution in [3.05, 3.63) is 84.7 Å². The first-order valence-electron chi connectivity index (χ1n) is 19.6. The second-order valence-electron chi connectivity index (χ2n) is 16.2. The van der Waals surface area contributed by atoms with Crippen LogP contribution in [0.2, 0.25) is 0 Å². The zero-order valence-corrected chi connectivity index (χ0v) is 34.9. The molecule has 14 heteroatoms. The minimum Gasteiger partial charge on any atom is -0.453 e. The Kier molecular flexibility index (Phi) is 13.6. The molecule has 5 rings (SSSR count). The maximum atomic E-state index is 13.4. The topological polar surface area (TPSA) is 192 Å². The number of carbonyl (C=O) groups excluding carboxylic acids is 4. The molecule has 5 aromatic rings. The minimum atomic E-state index is -0.774. The van der Waals surface area contributed by atoms with E-state index in [0.29, 0.717) is 18.1 Å². The molecule has 4 atom stereocenters. The number of nitrogens with zero attached hydrogens (tertiary/aromatic N) is 2. The fraction of sp³-hybridized carbons (Fsp3) is 0.409. The third kappa shape index (κ3) is 10.2. The number of methoxy groups -OCH3 is 2. The second kappa shape index (κ2) is 18.4. The Morgan fingerprint density at radius 2 is 1.07 bits per heavy atom. The largest absolute Gasteiger partial charge is 0.453 e. The molecule has 2 aromatic heterocycles. The number of hydrogen-bond donors (Lipinski definition) is 6. The maximum absolute atomic E-state index is 13.4. The molecular weight excluding hydrogens is 737 g/mol. The second-order valence-corrected chi connectivity index (χ2v) is 16.2. The van der Waals surface area contributed by atoms with Crippen molar-refractivity contribution in [3.63, 3.8) is 0 Å². The lowest BCUT2D eigenvalue weighted by Crippen LogP contribution is -2.52. The average Bonchev–Trinajstić information content (AvgIpc) is 3.90. The van der Waals surface area contributed by atoms with Crippen molar-refractivity contribution in [1.82, 2.24) is 41.2 Å². The molecule has 3 aromatic carbocycles. The lowest BCUT2D eigenvalue weighted by Gasteiger charge is -2.32. The normalized spacial score (nSPS) is 13.7. The number of benzene rings is 3. The number of ether oxygens (including phenoxy) is 2. The summed E-state index contributed by atoms with van der Waals surface area (Å²) >= 11 is 0. The van der Waals surface area contributed by atoms with E-state index in [-0.39, 0.29) is 29.7 Å². The molecule has 0 radical (unpaired) electrons. The molecule has 0 saturated heterocycles. The molecule has 4 unspecified atom stereocenters. The van der Waals surface area contributed by atoms with Crippen LogP contribution < -0.4 is 21.3 Å². The minimum absolute atomic E-state index is 0.141. The van der Waals surface area contributed by atoms with Crippen LogP contribution in [-0.2, 0) is 19.1 Å². The molecule has 0 fully saturated rings. The SMILES string of the molecule is CCC(NC(=O)C(NC(=O)OC)C(C)C)c1ncc(-c2ccc(-c3ccc4cc(-c5cnc(C(NC(=O)C(NC(=O)OC)C(C)C)C(C)(C)C)[nH]5)ccc4c3)cc2)[nH]1. The Morgan fingerprint density at radius 1 is 0.621 bits per heavy atom. The Morgan fingerprint density at radius 3 is 1.59 bits per heavy atom. The Bertz CT molecular complexity index is 2220. The lowest BCUT2D eigenvalue weighted by atomic mass is 9.85. The van der Waals surface area contributed by atoms with Gasteiger partial charge in [-0.15, -0.1) is 0 Å². The quantitative estimate of drug-likeness (QED) is 0.0656. The van der Waals surface area contributed by atoms with E-state index in [1.165, 1.54) is 14.2 Å². The smallest absolute Gasteiger partial charge is 0.407 e. The van der Waals surface area contributed by atoms with Crippen LogP contribution in [0.3, 0.4) is 0 Å². The van der Waals surface area contributed by atoms with Gasteiger partial charge in [-0.2, -0.15) is 0 Å². The molecule has 0 spiro atoms. The fourth-order valence-corrected chi connectivity index (χ4v) is 6.72. The molecule has 0 aliphatic carbocycles. The van der Waals surface area contributed by atoms with Gasteiger partial charge >= 0.3 is 12.2 Å². The molecule has 308 valence electrons. The van der Waals surface area contributed by atoms with Crippen LogP contribution in [0.1, 0.15) is 85.5 Å². The molecule has 58 heavy (non-hydrogen) atoms. The summed E-state index contributed by atoms with van der Waals surface area (Å²) < 4.78 is 9.43. The number of H-pyrrole nitrogens is 2. The molecule has 0 saturated carbocycles. The number of alkyl carbamates (subject to hydrolysis) is 2. The zero-order chi connectivity index (χ0) is 42.3. The molecule has 4 amide bonds. The molecule has 14 nitrogen and oxygen atoms in total. The number of aromatic amines is 2. The van der Waals surface area contributed by atoms with E-state index in [2.05, 4.69) is 83.7 Å². The average molecular weight is 793 g/mol. The van der Waals surface area contributed by atoms with Crippen LogP contribution in [0, 0.1) is 17.3 Å². The van der Waals surface area contributed by atoms with Crippen LogP contribution >= 0.6 is 0 Å². The van der Waals surface area contributed by atoms with Crippen LogP contribution in [0.15, 0.2) is 73.1 Å². The van der Waals surface area contributed by atoms with Gasteiger partial charge in [0.1, 0.15) is 23.7 Å². The summed E-state index contributed by atoms with van der Waals surface area (Å²) in [6.45, 7) is 15.5. The maximum Gasteiger partial charge on any atom is 0.407 e. The Hall–Kier alpha value is -6.18. The number of amides is 4. The highest BCUT2D eigenvalue weighted by atomic mass is 16.5. The van der Waals surface area contributed by atoms with Crippen molar-refractivity contribution < 1.29 is 28.7 Å². The number of rotatable bonds is 14. The van der Waals surface area contributed by atoms with Gasteiger partial charge in [0.05, 0.1) is 50.1 Å². The number of carbonyl (C=O) groups is 4. The first-order valence-corrected chi connectivity index (χ1v) is 19.6. The molecular formula is C44H56N8O6. The Labute approximate surface area is 339 Å². The monoisotopic (exact) mass is 792 g/mol. The van der Waals surface area contributed by atoms with Gasteiger partial charge in [0.15, 0.2) is 0 Å². The highest BCUT2D eigenvalue weighted by Crippen LogP contribution is 2.34. The van der Waals surface area contributed by atoms with Gasteiger partial charge in [0.25, 0.3) is 0 Å². The predicted octanol–water partition coefficient (Wildman–Crippen LogP) is 7.82. The predicted molar refractivity (Wildman–Crippen MR) is 224 cm³/mol. The van der Waals surface area contributed by atoms with Gasteiger partial charge in [-0.05, 0) is 63.3 Å². The van der Waals surface area contributed by atoms with E-state index in [1.54, 1.807) is 12.4 Å². The van der Waals surface area contributed by atoms with E-state index in [1.807, 2.05) is 73.6 Å². The Balaban J connectivity index is 1.29. The van der Waals surface area contributed by atoms with Crippen molar-refractivity contribution in [2.24, 2.45) is 17.3 Å². The van der Waals surface area contributed by atoms with Gasteiger partial charge in [-0.3, -0.25) is 9.59 Å². The molecule has 6 N–H and O–H groups in total. The number of nitrogens with one attached hydrogen (secondary N) is 6. The van der Waals surface area contributed by atoms with E-state index in [0.717, 1.165) is 44.4 Å². The third-order valence-electron chi connectivity index (χ3n) is 10.2. The summed E-state index contributed by atoms with van der Waals surface area (Å²) in [5.74, 6) is 0.312. The summed E-state index contributed by atoms with van der Waals surface area (Å²) in [6, 6.07) is 18.5. The van der Waals surface area contributed by atoms with Crippen molar-refractivity contribution in [2.75, 3.05) is 14.2 Å². The van der Waals surface area contributed by atoms with Gasteiger partial charge in [0, 0.05) is 5.56 Å². The summed E-state index contributed by atoms with van der Waals surface area (Å²) in [7, 11) is 2.53. The van der Waals surface area contributed by atoms with E-state index >= 15 is 0 Å². The third-order valence-corrected chi connectivity index (χ3v) is 10.2. The van der Waals surface area contributed by atoms with Crippen LogP contribution in [0.25, 0.3) is 44.4 Å². The standard InChI is InChI=1S/C44H56N8O6/c1-11-32(49-40(53)35(24(2)3)50-42(55)57-9)38-45-22-33(47-38)27-14-12-26(13-15-27)28-16-17-30-21-31(19-18-29(30)20-28)34-23-46-39(48-34)37(44(6,7)8)52-41(54)36(25(4)5)51-43(56)58-10/h12-25,32,35-37H,11H2,1-10H3,(H,45,47)(H,46,48)(H,49,53)(H,50,55)(H,51,56)(H,52,54). The highest BCUT2D eigenvalue weighted by Gasteiger charge is 2.34. The van der Waals surface area contributed by atoms with Crippen molar-refractivity contribution in [2.45, 2.75) is 86.0 Å². The fourth-order valence-electron chi connectivity index (χ4n) is 6.72. The molecule has 0 aliphatic heterocycles. The van der Waals surface area contributed by atoms with Crippen LogP contribution in [0.4, 0.5) is 9.59 Å². The van der Waals surface area contributed by atoms with E-state index in [4.69, 9.17) is 9.47 Å². The number of hydrogen-bond acceptors (Lipinski definition) is 8. The summed E-state index contributed by atoms with van der Waals surface area (Å²) in [5, 5.41) is 13.5. The van der Waals surface area contributed by atoms with Gasteiger partial charge in [-0.25, -0.2) is 19.6 Å². The van der Waals surface area contributed by atoms with Crippen molar-refractivity contribution in [1.29, 1.82) is 0 Å². The number of fused-ring (bicyclic) bond motifs is 1. The molecule has 0 bridgehead atoms. The van der Waals surface area contributed by atoms with Crippen LogP contribution in [0.5, 0.6) is 0 Å². The number of imidazole rings is 2. The first kappa shape index (κ1) is 43.0. The van der Waals surface area contributed by atoms with Gasteiger partial charge in [0.2, 0.25) is 11.8 Å². The first-order chi connectivity index (χ1) is 27.5. The van der Waals surface area contributed by atoms with E-state index in [9.17, 15) is 19.2 Å². The van der Waals surface area contributed by atoms with Crippen molar-refractivity contribution in [3.8, 4) is 33.6 Å². The van der Waals surface area contributed by atoms with E-state index < -0.39 is 35.7 Å². The van der Waals surface area contributed by atoms with Crippen molar-refractivity contribution >= 4 is 34.8 Å². The summed E-state index contributed by atoms with van der Waals surface area (Å²) in [6.07, 6.45) is 2.81. The molecule has 2 heterocycles. The number of aromatic nitrogens is 4. The highest BCUT2D eigenvalue weighted by molar-refractivity contribution is 5.91. The zero-order valence-electron chi connectivity index (χ0n) is 34.9. The van der Waals surface area contributed by atoms with Crippen LogP contribution in [-0.4, -0.2) is 70.2 Å². The van der Waals surface area contributed by atoms with Gasteiger partial charge in [-0.1, -0.05) is 104 Å². The lowest BCUT2D eigenvalue weighted by molar-refractivity contribution is -0.126. The molecule has 0 aliphatic rings. The summed E-state index contributed by atoms with van der Waals surface area (Å²) in [5.41, 5.74) is 5.28.